The molecule has 1 rings (SSSR count). The summed E-state index contributed by atoms with van der Waals surface area (Å²) >= 11 is 0. The highest BCUT2D eigenvalue weighted by molar-refractivity contribution is 6.71. The first kappa shape index (κ1) is 8.78. The van der Waals surface area contributed by atoms with Gasteiger partial charge in [-0.3, -0.25) is 4.79 Å². The molecular weight excluding hydrogens is 156 g/mol. The van der Waals surface area contributed by atoms with Gasteiger partial charge in [0.2, 0.25) is 8.32 Å². The molecule has 0 saturated heterocycles. The van der Waals surface area contributed by atoms with Gasteiger partial charge in [-0.2, -0.15) is 0 Å². The summed E-state index contributed by atoms with van der Waals surface area (Å²) in [5.74, 6) is 0.289. The average Bonchev–Trinajstić information content (AvgIpc) is 1.50. The summed E-state index contributed by atoms with van der Waals surface area (Å²) in [6.07, 6.45) is 3.29. The van der Waals surface area contributed by atoms with Crippen molar-refractivity contribution in [2.24, 2.45) is 5.92 Å². The molecular formula is C8H16O2Si. The predicted molar refractivity (Wildman–Crippen MR) is 46.8 cm³/mol. The normalized spacial score (nSPS) is 19.2. The average molecular weight is 172 g/mol. The lowest BCUT2D eigenvalue weighted by molar-refractivity contribution is -0.142. The van der Waals surface area contributed by atoms with Crippen LogP contribution in [0.3, 0.4) is 0 Å². The van der Waals surface area contributed by atoms with E-state index in [9.17, 15) is 4.79 Å². The van der Waals surface area contributed by atoms with Crippen molar-refractivity contribution in [1.29, 1.82) is 0 Å². The zero-order chi connectivity index (χ0) is 8.48. The van der Waals surface area contributed by atoms with Crippen LogP contribution in [0.2, 0.25) is 19.6 Å². The van der Waals surface area contributed by atoms with Crippen LogP contribution in [0.25, 0.3) is 0 Å². The van der Waals surface area contributed by atoms with E-state index >= 15 is 0 Å². The minimum absolute atomic E-state index is 0.0513. The van der Waals surface area contributed by atoms with Gasteiger partial charge >= 0.3 is 0 Å². The van der Waals surface area contributed by atoms with E-state index in [4.69, 9.17) is 4.43 Å². The SMILES string of the molecule is C[Si](C)(C)OC(=O)C1CCC1. The molecule has 2 nitrogen and oxygen atoms in total. The van der Waals surface area contributed by atoms with Crippen molar-refractivity contribution >= 4 is 14.3 Å². The third-order valence-corrected chi connectivity index (χ3v) is 2.66. The Bertz CT molecular complexity index is 156. The number of hydrogen-bond donors (Lipinski definition) is 0. The summed E-state index contributed by atoms with van der Waals surface area (Å²) in [7, 11) is -1.61. The Morgan fingerprint density at radius 3 is 2.18 bits per heavy atom. The quantitative estimate of drug-likeness (QED) is 0.597. The lowest BCUT2D eigenvalue weighted by Gasteiger charge is -2.27. The molecule has 0 bridgehead atoms. The van der Waals surface area contributed by atoms with Crippen LogP contribution in [0.1, 0.15) is 19.3 Å². The van der Waals surface area contributed by atoms with E-state index < -0.39 is 8.32 Å². The second-order valence-electron chi connectivity index (χ2n) is 4.16. The van der Waals surface area contributed by atoms with E-state index in [1.54, 1.807) is 0 Å². The lowest BCUT2D eigenvalue weighted by Crippen LogP contribution is -2.35. The fourth-order valence-electron chi connectivity index (χ4n) is 1.03. The maximum absolute atomic E-state index is 11.3. The number of carbonyl (C=O) groups excluding carboxylic acids is 1. The number of carbonyl (C=O) groups is 1. The monoisotopic (exact) mass is 172 g/mol. The molecule has 0 amide bonds. The van der Waals surface area contributed by atoms with Crippen molar-refractivity contribution in [3.63, 3.8) is 0 Å². The molecule has 0 aromatic rings. The van der Waals surface area contributed by atoms with Crippen molar-refractivity contribution in [1.82, 2.24) is 0 Å². The zero-order valence-corrected chi connectivity index (χ0v) is 8.52. The Morgan fingerprint density at radius 1 is 1.36 bits per heavy atom. The van der Waals surface area contributed by atoms with Crippen LogP contribution in [0.5, 0.6) is 0 Å². The van der Waals surface area contributed by atoms with Crippen LogP contribution in [0.4, 0.5) is 0 Å². The van der Waals surface area contributed by atoms with Crippen LogP contribution in [-0.4, -0.2) is 14.3 Å². The minimum Gasteiger partial charge on any atom is -0.520 e. The van der Waals surface area contributed by atoms with Crippen molar-refractivity contribution in [3.05, 3.63) is 0 Å². The number of rotatable bonds is 2. The van der Waals surface area contributed by atoms with Gasteiger partial charge in [0.25, 0.3) is 5.97 Å². The minimum atomic E-state index is -1.61. The fraction of sp³-hybridized carbons (Fsp3) is 0.875. The highest BCUT2D eigenvalue weighted by Crippen LogP contribution is 2.28. The van der Waals surface area contributed by atoms with Gasteiger partial charge in [0.05, 0.1) is 5.92 Å². The number of hydrogen-bond acceptors (Lipinski definition) is 2. The summed E-state index contributed by atoms with van der Waals surface area (Å²) in [4.78, 5) is 11.3. The fourth-order valence-corrected chi connectivity index (χ4v) is 1.80. The van der Waals surface area contributed by atoms with Gasteiger partial charge in [-0.1, -0.05) is 6.42 Å². The highest BCUT2D eigenvalue weighted by atomic mass is 28.4. The first-order valence-corrected chi connectivity index (χ1v) is 7.63. The van der Waals surface area contributed by atoms with Crippen molar-refractivity contribution in [3.8, 4) is 0 Å². The summed E-state index contributed by atoms with van der Waals surface area (Å²) in [5.41, 5.74) is 0. The molecule has 0 aliphatic heterocycles. The first-order chi connectivity index (χ1) is 4.99. The standard InChI is InChI=1S/C8H16O2Si/c1-11(2,3)10-8(9)7-5-4-6-7/h7H,4-6H2,1-3H3. The molecule has 1 aliphatic carbocycles. The van der Waals surface area contributed by atoms with E-state index in [0.29, 0.717) is 0 Å². The van der Waals surface area contributed by atoms with Crippen LogP contribution < -0.4 is 0 Å². The first-order valence-electron chi connectivity index (χ1n) is 4.22. The third kappa shape index (κ3) is 2.65. The van der Waals surface area contributed by atoms with Crippen molar-refractivity contribution in [2.45, 2.75) is 38.9 Å². The molecule has 11 heavy (non-hydrogen) atoms. The molecule has 0 unspecified atom stereocenters. The molecule has 1 aliphatic rings. The maximum atomic E-state index is 11.3. The molecule has 0 aromatic carbocycles. The smallest absolute Gasteiger partial charge is 0.295 e. The molecule has 0 radical (unpaired) electrons. The van der Waals surface area contributed by atoms with Crippen molar-refractivity contribution in [2.75, 3.05) is 0 Å². The zero-order valence-electron chi connectivity index (χ0n) is 7.52. The third-order valence-electron chi connectivity index (χ3n) is 1.85. The second-order valence-corrected chi connectivity index (χ2v) is 8.59. The van der Waals surface area contributed by atoms with Gasteiger partial charge in [0, 0.05) is 0 Å². The Labute approximate surface area is 69.1 Å². The maximum Gasteiger partial charge on any atom is 0.295 e. The molecule has 0 N–H and O–H groups in total. The van der Waals surface area contributed by atoms with Gasteiger partial charge < -0.3 is 4.43 Å². The van der Waals surface area contributed by atoms with Crippen LogP contribution in [0, 0.1) is 5.92 Å². The van der Waals surface area contributed by atoms with Gasteiger partial charge in [-0.25, -0.2) is 0 Å². The van der Waals surface area contributed by atoms with Gasteiger partial charge in [0.15, 0.2) is 0 Å². The molecule has 1 saturated carbocycles. The molecule has 0 spiro atoms. The van der Waals surface area contributed by atoms with Gasteiger partial charge in [0.1, 0.15) is 0 Å². The van der Waals surface area contributed by atoms with Crippen LogP contribution in [0.15, 0.2) is 0 Å². The Morgan fingerprint density at radius 2 is 1.91 bits per heavy atom. The largest absolute Gasteiger partial charge is 0.520 e. The molecule has 0 heterocycles. The summed E-state index contributed by atoms with van der Waals surface area (Å²) in [5, 5.41) is 0. The molecule has 0 aromatic heterocycles. The molecule has 64 valence electrons. The van der Waals surface area contributed by atoms with E-state index in [0.717, 1.165) is 12.8 Å². The summed E-state index contributed by atoms with van der Waals surface area (Å²) in [6, 6.07) is 0. The topological polar surface area (TPSA) is 26.3 Å². The summed E-state index contributed by atoms with van der Waals surface area (Å²) in [6.45, 7) is 6.14. The summed E-state index contributed by atoms with van der Waals surface area (Å²) < 4.78 is 5.34. The molecule has 3 heteroatoms. The van der Waals surface area contributed by atoms with Crippen molar-refractivity contribution < 1.29 is 9.22 Å². The van der Waals surface area contributed by atoms with Gasteiger partial charge in [-0.05, 0) is 32.5 Å². The van der Waals surface area contributed by atoms with E-state index in [1.807, 2.05) is 19.6 Å². The predicted octanol–water partition coefficient (Wildman–Crippen LogP) is 2.16. The van der Waals surface area contributed by atoms with Crippen LogP contribution >= 0.6 is 0 Å². The lowest BCUT2D eigenvalue weighted by atomic mass is 9.86. The van der Waals surface area contributed by atoms with Gasteiger partial charge in [-0.15, -0.1) is 0 Å². The second kappa shape index (κ2) is 2.97. The Hall–Kier alpha value is -0.313. The van der Waals surface area contributed by atoms with E-state index in [-0.39, 0.29) is 11.9 Å². The van der Waals surface area contributed by atoms with E-state index in [2.05, 4.69) is 0 Å². The molecule has 1 fully saturated rings. The highest BCUT2D eigenvalue weighted by Gasteiger charge is 2.30. The van der Waals surface area contributed by atoms with E-state index in [1.165, 1.54) is 6.42 Å². The van der Waals surface area contributed by atoms with Crippen LogP contribution in [-0.2, 0) is 9.22 Å². The Balaban J connectivity index is 2.31. The molecule has 0 atom stereocenters. The Kier molecular flexibility index (Phi) is 2.37.